The molecule has 0 saturated carbocycles. The fourth-order valence-electron chi connectivity index (χ4n) is 1.65. The summed E-state index contributed by atoms with van der Waals surface area (Å²) in [6.45, 7) is 5.70. The lowest BCUT2D eigenvalue weighted by Crippen LogP contribution is -2.46. The molecule has 0 bridgehead atoms. The van der Waals surface area contributed by atoms with Gasteiger partial charge in [0.1, 0.15) is 5.54 Å². The van der Waals surface area contributed by atoms with Gasteiger partial charge >= 0.3 is 5.97 Å². The Kier molecular flexibility index (Phi) is 8.05. The van der Waals surface area contributed by atoms with Crippen LogP contribution in [0.25, 0.3) is 0 Å². The van der Waals surface area contributed by atoms with Crippen LogP contribution in [0.2, 0.25) is 0 Å². The second-order valence-corrected chi connectivity index (χ2v) is 4.76. The maximum atomic E-state index is 10.7. The van der Waals surface area contributed by atoms with E-state index in [1.165, 1.54) is 0 Å². The van der Waals surface area contributed by atoms with Crippen molar-refractivity contribution in [1.82, 2.24) is 0 Å². The smallest absolute Gasteiger partial charge is 0.323 e. The molecule has 18 heavy (non-hydrogen) atoms. The molecule has 1 aromatic rings. The maximum absolute atomic E-state index is 10.7. The Labute approximate surface area is 110 Å². The molecule has 3 heteroatoms. The van der Waals surface area contributed by atoms with Gasteiger partial charge in [-0.2, -0.15) is 0 Å². The zero-order valence-corrected chi connectivity index (χ0v) is 11.6. The van der Waals surface area contributed by atoms with Gasteiger partial charge in [-0.3, -0.25) is 4.79 Å². The number of rotatable bonds is 5. The van der Waals surface area contributed by atoms with Crippen molar-refractivity contribution in [2.45, 2.75) is 45.6 Å². The minimum absolute atomic E-state index is 0.427. The number of carboxylic acids is 1. The number of aliphatic carboxylic acids is 1. The highest BCUT2D eigenvalue weighted by Gasteiger charge is 2.29. The number of hydrogen-bond donors (Lipinski definition) is 2. The summed E-state index contributed by atoms with van der Waals surface area (Å²) in [6.07, 6.45) is 2.56. The first-order chi connectivity index (χ1) is 8.44. The third-order valence-corrected chi connectivity index (χ3v) is 3.02. The van der Waals surface area contributed by atoms with E-state index >= 15 is 0 Å². The summed E-state index contributed by atoms with van der Waals surface area (Å²) in [7, 11) is 0. The van der Waals surface area contributed by atoms with Crippen molar-refractivity contribution < 1.29 is 9.90 Å². The fourth-order valence-corrected chi connectivity index (χ4v) is 1.65. The highest BCUT2D eigenvalue weighted by molar-refractivity contribution is 5.77. The Bertz CT molecular complexity index is 292. The van der Waals surface area contributed by atoms with E-state index in [-0.39, 0.29) is 0 Å². The number of carbonyl (C=O) groups is 1. The Balaban J connectivity index is 0.000000397. The molecule has 0 aliphatic heterocycles. The molecule has 0 aliphatic rings. The molecule has 1 unspecified atom stereocenters. The third kappa shape index (κ3) is 7.07. The van der Waals surface area contributed by atoms with Crippen LogP contribution in [0.5, 0.6) is 0 Å². The molecular formula is C15H25NO2. The van der Waals surface area contributed by atoms with Crippen LogP contribution in [0.15, 0.2) is 36.4 Å². The van der Waals surface area contributed by atoms with Crippen molar-refractivity contribution in [2.24, 2.45) is 11.7 Å². The average Bonchev–Trinajstić information content (AvgIpc) is 2.38. The van der Waals surface area contributed by atoms with Crippen molar-refractivity contribution in [1.29, 1.82) is 0 Å². The summed E-state index contributed by atoms with van der Waals surface area (Å²) in [5, 5.41) is 8.76. The molecule has 0 amide bonds. The molecule has 1 atom stereocenters. The van der Waals surface area contributed by atoms with E-state index in [2.05, 4.69) is 13.8 Å². The lowest BCUT2D eigenvalue weighted by molar-refractivity contribution is -0.143. The lowest BCUT2D eigenvalue weighted by Gasteiger charge is -2.24. The molecule has 0 fully saturated rings. The Morgan fingerprint density at radius 2 is 1.44 bits per heavy atom. The summed E-state index contributed by atoms with van der Waals surface area (Å²) >= 11 is 0. The molecule has 0 spiro atoms. The molecular weight excluding hydrogens is 226 g/mol. The quantitative estimate of drug-likeness (QED) is 0.844. The molecule has 0 aromatic heterocycles. The second kappa shape index (κ2) is 8.70. The SMILES string of the molecule is CCC(CC)CC(C)(N)C(=O)O.c1ccccc1. The first-order valence-corrected chi connectivity index (χ1v) is 6.46. The van der Waals surface area contributed by atoms with Gasteiger partial charge in [-0.15, -0.1) is 0 Å². The number of carboxylic acid groups (broad SMARTS) is 1. The van der Waals surface area contributed by atoms with Gasteiger partial charge in [0, 0.05) is 0 Å². The second-order valence-electron chi connectivity index (χ2n) is 4.76. The van der Waals surface area contributed by atoms with Gasteiger partial charge in [0.05, 0.1) is 0 Å². The monoisotopic (exact) mass is 251 g/mol. The minimum atomic E-state index is -1.06. The van der Waals surface area contributed by atoms with E-state index in [0.29, 0.717) is 12.3 Å². The largest absolute Gasteiger partial charge is 0.480 e. The molecule has 1 rings (SSSR count). The normalized spacial score (nSPS) is 13.4. The van der Waals surface area contributed by atoms with Gasteiger partial charge in [-0.1, -0.05) is 63.1 Å². The first kappa shape index (κ1) is 16.6. The predicted molar refractivity (Wildman–Crippen MR) is 75.4 cm³/mol. The van der Waals surface area contributed by atoms with E-state index in [1.54, 1.807) is 6.92 Å². The lowest BCUT2D eigenvalue weighted by atomic mass is 9.87. The number of nitrogens with two attached hydrogens (primary N) is 1. The van der Waals surface area contributed by atoms with Crippen LogP contribution < -0.4 is 5.73 Å². The van der Waals surface area contributed by atoms with Gasteiger partial charge in [0.2, 0.25) is 0 Å². The summed E-state index contributed by atoms with van der Waals surface area (Å²) < 4.78 is 0. The average molecular weight is 251 g/mol. The Morgan fingerprint density at radius 3 is 1.67 bits per heavy atom. The van der Waals surface area contributed by atoms with Crippen LogP contribution in [0, 0.1) is 5.92 Å². The van der Waals surface area contributed by atoms with Crippen LogP contribution in [-0.2, 0) is 4.79 Å². The van der Waals surface area contributed by atoms with Crippen LogP contribution in [0.4, 0.5) is 0 Å². The topological polar surface area (TPSA) is 63.3 Å². The molecule has 0 aliphatic carbocycles. The van der Waals surface area contributed by atoms with Gasteiger partial charge in [-0.05, 0) is 19.3 Å². The van der Waals surface area contributed by atoms with Crippen molar-refractivity contribution >= 4 is 5.97 Å². The minimum Gasteiger partial charge on any atom is -0.480 e. The Hall–Kier alpha value is -1.35. The van der Waals surface area contributed by atoms with Gasteiger partial charge in [0.15, 0.2) is 0 Å². The number of benzene rings is 1. The van der Waals surface area contributed by atoms with E-state index < -0.39 is 11.5 Å². The van der Waals surface area contributed by atoms with Crippen molar-refractivity contribution in [2.75, 3.05) is 0 Å². The summed E-state index contributed by atoms with van der Waals surface area (Å²) in [6, 6.07) is 12.0. The van der Waals surface area contributed by atoms with Crippen LogP contribution in [0.1, 0.15) is 40.0 Å². The van der Waals surface area contributed by atoms with Crippen LogP contribution in [0.3, 0.4) is 0 Å². The standard InChI is InChI=1S/C9H19NO2.C6H6/c1-4-7(5-2)6-9(3,10)8(11)12;1-2-4-6-5-3-1/h7H,4-6,10H2,1-3H3,(H,11,12);1-6H. The van der Waals surface area contributed by atoms with Crippen molar-refractivity contribution in [3.63, 3.8) is 0 Å². The maximum Gasteiger partial charge on any atom is 0.323 e. The van der Waals surface area contributed by atoms with Crippen molar-refractivity contribution in [3.05, 3.63) is 36.4 Å². The van der Waals surface area contributed by atoms with Gasteiger partial charge in [-0.25, -0.2) is 0 Å². The van der Waals surface area contributed by atoms with E-state index in [9.17, 15) is 4.79 Å². The van der Waals surface area contributed by atoms with Crippen molar-refractivity contribution in [3.8, 4) is 0 Å². The molecule has 102 valence electrons. The van der Waals surface area contributed by atoms with E-state index in [1.807, 2.05) is 36.4 Å². The first-order valence-electron chi connectivity index (χ1n) is 6.46. The van der Waals surface area contributed by atoms with E-state index in [4.69, 9.17) is 10.8 Å². The summed E-state index contributed by atoms with van der Waals surface area (Å²) in [5.74, 6) is -0.481. The Morgan fingerprint density at radius 1 is 1.11 bits per heavy atom. The zero-order chi connectivity index (χ0) is 14.0. The predicted octanol–water partition coefficient (Wildman–Crippen LogP) is 3.30. The number of hydrogen-bond acceptors (Lipinski definition) is 2. The third-order valence-electron chi connectivity index (χ3n) is 3.02. The van der Waals surface area contributed by atoms with Crippen LogP contribution >= 0.6 is 0 Å². The highest BCUT2D eigenvalue weighted by Crippen LogP contribution is 2.20. The molecule has 0 radical (unpaired) electrons. The molecule has 3 N–H and O–H groups in total. The molecule has 1 aromatic carbocycles. The highest BCUT2D eigenvalue weighted by atomic mass is 16.4. The zero-order valence-electron chi connectivity index (χ0n) is 11.6. The summed E-state index contributed by atoms with van der Waals surface area (Å²) in [4.78, 5) is 10.7. The summed E-state index contributed by atoms with van der Waals surface area (Å²) in [5.41, 5.74) is 4.55. The van der Waals surface area contributed by atoms with Gasteiger partial charge in [0.25, 0.3) is 0 Å². The molecule has 0 saturated heterocycles. The molecule has 3 nitrogen and oxygen atoms in total. The van der Waals surface area contributed by atoms with Gasteiger partial charge < -0.3 is 10.8 Å². The fraction of sp³-hybridized carbons (Fsp3) is 0.533. The van der Waals surface area contributed by atoms with Crippen LogP contribution in [-0.4, -0.2) is 16.6 Å². The molecule has 0 heterocycles. The van der Waals surface area contributed by atoms with E-state index in [0.717, 1.165) is 12.8 Å².